The average molecular weight is 393 g/mol. The normalized spacial score (nSPS) is 15.4. The Morgan fingerprint density at radius 2 is 1.97 bits per heavy atom. The molecule has 2 aromatic rings. The maximum atomic E-state index is 12.5. The molecule has 1 atom stereocenters. The molecule has 0 bridgehead atoms. The summed E-state index contributed by atoms with van der Waals surface area (Å²) in [5.41, 5.74) is 1.75. The van der Waals surface area contributed by atoms with Gasteiger partial charge in [0.15, 0.2) is 0 Å². The van der Waals surface area contributed by atoms with Gasteiger partial charge in [-0.15, -0.1) is 0 Å². The van der Waals surface area contributed by atoms with Gasteiger partial charge in [0.05, 0.1) is 18.7 Å². The summed E-state index contributed by atoms with van der Waals surface area (Å²) in [4.78, 5) is 21.2. The van der Waals surface area contributed by atoms with Crippen molar-refractivity contribution in [3.63, 3.8) is 0 Å². The van der Waals surface area contributed by atoms with Crippen molar-refractivity contribution in [1.29, 1.82) is 5.26 Å². The van der Waals surface area contributed by atoms with Gasteiger partial charge in [-0.05, 0) is 43.2 Å². The first-order valence-corrected chi connectivity index (χ1v) is 9.87. The number of rotatable bonds is 7. The Hall–Kier alpha value is -3.11. The first-order valence-electron chi connectivity index (χ1n) is 9.87. The number of nitriles is 1. The van der Waals surface area contributed by atoms with E-state index in [1.54, 1.807) is 25.4 Å². The van der Waals surface area contributed by atoms with Crippen LogP contribution in [0.2, 0.25) is 0 Å². The molecule has 2 heterocycles. The highest BCUT2D eigenvalue weighted by atomic mass is 16.5. The lowest BCUT2D eigenvalue weighted by Crippen LogP contribution is -2.54. The van der Waals surface area contributed by atoms with Crippen LogP contribution < -0.4 is 15.0 Å². The Balaban J connectivity index is 1.45. The highest BCUT2D eigenvalue weighted by molar-refractivity contribution is 5.81. The first kappa shape index (κ1) is 20.6. The number of hydrogen-bond donors (Lipinski definition) is 1. The van der Waals surface area contributed by atoms with Crippen LogP contribution in [-0.4, -0.2) is 61.7 Å². The molecular weight excluding hydrogens is 366 g/mol. The molecule has 7 heteroatoms. The minimum Gasteiger partial charge on any atom is -0.497 e. The highest BCUT2D eigenvalue weighted by Crippen LogP contribution is 2.19. The number of anilines is 1. The summed E-state index contributed by atoms with van der Waals surface area (Å²) in [6, 6.07) is 13.5. The van der Waals surface area contributed by atoms with Crippen molar-refractivity contribution in [3.8, 4) is 11.8 Å². The summed E-state index contributed by atoms with van der Waals surface area (Å²) in [6.45, 7) is 5.56. The quantitative estimate of drug-likeness (QED) is 0.773. The molecule has 1 aromatic carbocycles. The predicted octanol–water partition coefficient (Wildman–Crippen LogP) is 1.83. The smallest absolute Gasteiger partial charge is 0.237 e. The van der Waals surface area contributed by atoms with Crippen molar-refractivity contribution >= 4 is 11.7 Å². The number of carbonyl (C=O) groups excluding carboxylic acids is 1. The predicted molar refractivity (Wildman–Crippen MR) is 112 cm³/mol. The Bertz CT molecular complexity index is 854. The number of methoxy groups -OCH3 is 1. The number of hydrogen-bond acceptors (Lipinski definition) is 6. The molecule has 1 aliphatic heterocycles. The number of piperazine rings is 1. The number of amides is 1. The fraction of sp³-hybridized carbons (Fsp3) is 0.409. The monoisotopic (exact) mass is 393 g/mol. The second-order valence-electron chi connectivity index (χ2n) is 7.07. The lowest BCUT2D eigenvalue weighted by molar-refractivity contribution is -0.125. The van der Waals surface area contributed by atoms with Crippen molar-refractivity contribution in [2.45, 2.75) is 19.4 Å². The fourth-order valence-corrected chi connectivity index (χ4v) is 3.49. The molecule has 1 N–H and O–H groups in total. The van der Waals surface area contributed by atoms with Gasteiger partial charge in [0.25, 0.3) is 0 Å². The summed E-state index contributed by atoms with van der Waals surface area (Å²) >= 11 is 0. The minimum atomic E-state index is -0.188. The topological polar surface area (TPSA) is 81.5 Å². The van der Waals surface area contributed by atoms with E-state index in [1.165, 1.54) is 0 Å². The van der Waals surface area contributed by atoms with Gasteiger partial charge in [-0.3, -0.25) is 9.69 Å². The largest absolute Gasteiger partial charge is 0.497 e. The van der Waals surface area contributed by atoms with Crippen LogP contribution in [0.25, 0.3) is 0 Å². The second-order valence-corrected chi connectivity index (χ2v) is 7.07. The van der Waals surface area contributed by atoms with Crippen molar-refractivity contribution in [2.75, 3.05) is 44.7 Å². The van der Waals surface area contributed by atoms with Gasteiger partial charge in [-0.25, -0.2) is 4.98 Å². The molecule has 0 aliphatic carbocycles. The zero-order valence-corrected chi connectivity index (χ0v) is 17.0. The van der Waals surface area contributed by atoms with Gasteiger partial charge in [0, 0.05) is 38.9 Å². The third-order valence-corrected chi connectivity index (χ3v) is 5.32. The van der Waals surface area contributed by atoms with E-state index < -0.39 is 0 Å². The molecular formula is C22H27N5O2. The minimum absolute atomic E-state index is 0.0440. The zero-order chi connectivity index (χ0) is 20.6. The number of pyridine rings is 1. The highest BCUT2D eigenvalue weighted by Gasteiger charge is 2.26. The van der Waals surface area contributed by atoms with Crippen molar-refractivity contribution < 1.29 is 9.53 Å². The molecule has 1 amide bonds. The van der Waals surface area contributed by atoms with E-state index in [0.717, 1.165) is 49.7 Å². The number of carbonyl (C=O) groups is 1. The van der Waals surface area contributed by atoms with Gasteiger partial charge in [-0.2, -0.15) is 5.26 Å². The molecule has 1 fully saturated rings. The Morgan fingerprint density at radius 3 is 2.62 bits per heavy atom. The standard InChI is InChI=1S/C22H27N5O2/c1-17(22(28)25-11-9-18-5-7-20(29-2)8-6-18)26-12-14-27(15-13-26)21-19(16-23)4-3-10-24-21/h3-8,10,17H,9,11-15H2,1-2H3,(H,25,28). The van der Waals surface area contributed by atoms with Crippen molar-refractivity contribution in [2.24, 2.45) is 0 Å². The van der Waals surface area contributed by atoms with E-state index in [2.05, 4.69) is 26.2 Å². The summed E-state index contributed by atoms with van der Waals surface area (Å²) in [7, 11) is 1.65. The van der Waals surface area contributed by atoms with Gasteiger partial charge >= 0.3 is 0 Å². The summed E-state index contributed by atoms with van der Waals surface area (Å²) in [5.74, 6) is 1.60. The lowest BCUT2D eigenvalue weighted by atomic mass is 10.1. The number of nitrogens with one attached hydrogen (secondary N) is 1. The molecule has 1 aromatic heterocycles. The molecule has 29 heavy (non-hydrogen) atoms. The lowest BCUT2D eigenvalue weighted by Gasteiger charge is -2.38. The van der Waals surface area contributed by atoms with E-state index in [1.807, 2.05) is 31.2 Å². The molecule has 152 valence electrons. The number of benzene rings is 1. The third-order valence-electron chi connectivity index (χ3n) is 5.32. The van der Waals surface area contributed by atoms with Crippen LogP contribution in [0.4, 0.5) is 5.82 Å². The summed E-state index contributed by atoms with van der Waals surface area (Å²) in [6.07, 6.45) is 2.49. The average Bonchev–Trinajstić information content (AvgIpc) is 2.79. The van der Waals surface area contributed by atoms with Crippen LogP contribution in [0.5, 0.6) is 5.75 Å². The van der Waals surface area contributed by atoms with Crippen LogP contribution in [0.15, 0.2) is 42.6 Å². The molecule has 0 spiro atoms. The third kappa shape index (κ3) is 5.24. The van der Waals surface area contributed by atoms with Crippen LogP contribution in [0, 0.1) is 11.3 Å². The van der Waals surface area contributed by atoms with Gasteiger partial charge in [0.1, 0.15) is 17.6 Å². The molecule has 1 saturated heterocycles. The zero-order valence-electron chi connectivity index (χ0n) is 17.0. The molecule has 0 saturated carbocycles. The summed E-state index contributed by atoms with van der Waals surface area (Å²) in [5, 5.41) is 12.3. The number of ether oxygens (including phenoxy) is 1. The van der Waals surface area contributed by atoms with Crippen LogP contribution in [0.1, 0.15) is 18.1 Å². The maximum Gasteiger partial charge on any atom is 0.237 e. The Labute approximate surface area is 171 Å². The first-order chi connectivity index (χ1) is 14.1. The number of aromatic nitrogens is 1. The van der Waals surface area contributed by atoms with Crippen LogP contribution >= 0.6 is 0 Å². The molecule has 0 radical (unpaired) electrons. The van der Waals surface area contributed by atoms with Crippen LogP contribution in [0.3, 0.4) is 0 Å². The van der Waals surface area contributed by atoms with Crippen molar-refractivity contribution in [1.82, 2.24) is 15.2 Å². The molecule has 1 unspecified atom stereocenters. The Morgan fingerprint density at radius 1 is 1.24 bits per heavy atom. The van der Waals surface area contributed by atoms with Crippen LogP contribution in [-0.2, 0) is 11.2 Å². The Kier molecular flexibility index (Phi) is 7.04. The van der Waals surface area contributed by atoms with E-state index in [-0.39, 0.29) is 11.9 Å². The van der Waals surface area contributed by atoms with Gasteiger partial charge in [-0.1, -0.05) is 12.1 Å². The van der Waals surface area contributed by atoms with E-state index in [4.69, 9.17) is 4.74 Å². The second kappa shape index (κ2) is 9.89. The van der Waals surface area contributed by atoms with E-state index in [9.17, 15) is 10.1 Å². The maximum absolute atomic E-state index is 12.5. The molecule has 1 aliphatic rings. The van der Waals surface area contributed by atoms with E-state index in [0.29, 0.717) is 12.1 Å². The van der Waals surface area contributed by atoms with Crippen molar-refractivity contribution in [3.05, 3.63) is 53.7 Å². The molecule has 3 rings (SSSR count). The van der Waals surface area contributed by atoms with Gasteiger partial charge < -0.3 is 15.0 Å². The fourth-order valence-electron chi connectivity index (χ4n) is 3.49. The number of nitrogens with zero attached hydrogens (tertiary/aromatic N) is 4. The summed E-state index contributed by atoms with van der Waals surface area (Å²) < 4.78 is 5.16. The van der Waals surface area contributed by atoms with E-state index >= 15 is 0 Å². The van der Waals surface area contributed by atoms with Gasteiger partial charge in [0.2, 0.25) is 5.91 Å². The molecule has 7 nitrogen and oxygen atoms in total. The SMILES string of the molecule is COc1ccc(CCNC(=O)C(C)N2CCN(c3ncccc3C#N)CC2)cc1.